The van der Waals surface area contributed by atoms with Gasteiger partial charge in [0.15, 0.2) is 0 Å². The molecule has 0 atom stereocenters. The molecule has 3 N–H and O–H groups in total. The van der Waals surface area contributed by atoms with Gasteiger partial charge in [-0.1, -0.05) is 0 Å². The zero-order valence-electron chi connectivity index (χ0n) is 10.3. The van der Waals surface area contributed by atoms with Crippen LogP contribution in [0.25, 0.3) is 0 Å². The summed E-state index contributed by atoms with van der Waals surface area (Å²) in [4.78, 5) is 15.4. The molecule has 5 heteroatoms. The van der Waals surface area contributed by atoms with E-state index in [2.05, 4.69) is 15.6 Å². The quantitative estimate of drug-likeness (QED) is 0.637. The Hall–Kier alpha value is -1.62. The maximum atomic E-state index is 11.2. The largest absolute Gasteiger partial charge is 0.506 e. The lowest BCUT2D eigenvalue weighted by molar-refractivity contribution is -0.120. The van der Waals surface area contributed by atoms with Gasteiger partial charge < -0.3 is 15.7 Å². The number of nitrogens with zero attached hydrogens (tertiary/aromatic N) is 1. The summed E-state index contributed by atoms with van der Waals surface area (Å²) in [6, 6.07) is 3.39. The first-order valence-electron chi connectivity index (χ1n) is 5.76. The molecule has 0 fully saturated rings. The van der Waals surface area contributed by atoms with Gasteiger partial charge in [-0.3, -0.25) is 9.78 Å². The molecule has 1 rings (SSSR count). The summed E-state index contributed by atoms with van der Waals surface area (Å²) in [7, 11) is 0. The average Bonchev–Trinajstić information content (AvgIpc) is 2.29. The zero-order chi connectivity index (χ0) is 12.7. The van der Waals surface area contributed by atoms with Crippen LogP contribution in [0, 0.1) is 6.92 Å². The molecule has 0 aliphatic rings. The summed E-state index contributed by atoms with van der Waals surface area (Å²) in [6.45, 7) is 5.45. The molecule has 0 saturated heterocycles. The maximum absolute atomic E-state index is 11.2. The first kappa shape index (κ1) is 13.4. The van der Waals surface area contributed by atoms with Crippen molar-refractivity contribution in [2.45, 2.75) is 26.8 Å². The van der Waals surface area contributed by atoms with Crippen LogP contribution in [0.2, 0.25) is 0 Å². The minimum Gasteiger partial charge on any atom is -0.506 e. The zero-order valence-corrected chi connectivity index (χ0v) is 10.3. The normalized spacial score (nSPS) is 10.2. The van der Waals surface area contributed by atoms with Crippen molar-refractivity contribution in [3.05, 3.63) is 23.5 Å². The molecule has 94 valence electrons. The maximum Gasteiger partial charge on any atom is 0.221 e. The highest BCUT2D eigenvalue weighted by atomic mass is 16.3. The molecule has 0 unspecified atom stereocenters. The summed E-state index contributed by atoms with van der Waals surface area (Å²) in [5, 5.41) is 15.3. The van der Waals surface area contributed by atoms with Crippen LogP contribution in [0.4, 0.5) is 0 Å². The van der Waals surface area contributed by atoms with Crippen molar-refractivity contribution in [3.8, 4) is 5.75 Å². The minimum absolute atomic E-state index is 0.0291. The molecule has 1 aromatic heterocycles. The molecule has 1 aromatic rings. The third kappa shape index (κ3) is 4.82. The van der Waals surface area contributed by atoms with Crippen LogP contribution < -0.4 is 10.6 Å². The van der Waals surface area contributed by atoms with E-state index in [1.54, 1.807) is 12.1 Å². The Bertz CT molecular complexity index is 380. The molecule has 1 heterocycles. The lowest BCUT2D eigenvalue weighted by atomic mass is 10.3. The Morgan fingerprint density at radius 1 is 1.47 bits per heavy atom. The van der Waals surface area contributed by atoms with E-state index in [0.717, 1.165) is 5.69 Å². The summed E-state index contributed by atoms with van der Waals surface area (Å²) >= 11 is 0. The molecule has 17 heavy (non-hydrogen) atoms. The van der Waals surface area contributed by atoms with Crippen LogP contribution >= 0.6 is 0 Å². The van der Waals surface area contributed by atoms with Gasteiger partial charge in [0.1, 0.15) is 5.75 Å². The van der Waals surface area contributed by atoms with Gasteiger partial charge in [-0.05, 0) is 26.0 Å². The number of hydrogen-bond donors (Lipinski definition) is 3. The predicted octanol–water partition coefficient (Wildman–Crippen LogP) is 0.711. The van der Waals surface area contributed by atoms with Crippen LogP contribution in [0.3, 0.4) is 0 Å². The number of aryl methyl sites for hydroxylation is 1. The van der Waals surface area contributed by atoms with E-state index in [4.69, 9.17) is 0 Å². The summed E-state index contributed by atoms with van der Waals surface area (Å²) < 4.78 is 0. The van der Waals surface area contributed by atoms with Gasteiger partial charge in [0, 0.05) is 31.7 Å². The summed E-state index contributed by atoms with van der Waals surface area (Å²) in [5.41, 5.74) is 1.48. The molecule has 0 bridgehead atoms. The van der Waals surface area contributed by atoms with Gasteiger partial charge in [0.25, 0.3) is 0 Å². The number of nitrogens with one attached hydrogen (secondary N) is 2. The molecular weight excluding hydrogens is 218 g/mol. The van der Waals surface area contributed by atoms with Crippen molar-refractivity contribution < 1.29 is 9.90 Å². The Morgan fingerprint density at radius 2 is 2.24 bits per heavy atom. The molecule has 0 spiro atoms. The topological polar surface area (TPSA) is 74.2 Å². The van der Waals surface area contributed by atoms with E-state index in [0.29, 0.717) is 31.7 Å². The van der Waals surface area contributed by atoms with Gasteiger partial charge >= 0.3 is 0 Å². The molecular formula is C12H19N3O2. The molecule has 0 aliphatic heterocycles. The highest BCUT2D eigenvalue weighted by Gasteiger charge is 2.03. The fourth-order valence-electron chi connectivity index (χ4n) is 1.43. The van der Waals surface area contributed by atoms with Crippen molar-refractivity contribution in [2.24, 2.45) is 0 Å². The van der Waals surface area contributed by atoms with E-state index >= 15 is 0 Å². The molecule has 0 saturated carbocycles. The van der Waals surface area contributed by atoms with Crippen LogP contribution in [0.1, 0.15) is 24.7 Å². The van der Waals surface area contributed by atoms with Crippen molar-refractivity contribution in [3.63, 3.8) is 0 Å². The number of rotatable bonds is 6. The van der Waals surface area contributed by atoms with Crippen molar-refractivity contribution >= 4 is 5.91 Å². The van der Waals surface area contributed by atoms with E-state index in [-0.39, 0.29) is 11.7 Å². The Labute approximate surface area is 101 Å². The lowest BCUT2D eigenvalue weighted by Gasteiger charge is -2.07. The van der Waals surface area contributed by atoms with Gasteiger partial charge in [0.2, 0.25) is 5.91 Å². The summed E-state index contributed by atoms with van der Waals surface area (Å²) in [5.74, 6) is 0.211. The third-order valence-electron chi connectivity index (χ3n) is 2.28. The Kier molecular flexibility index (Phi) is 5.42. The first-order valence-corrected chi connectivity index (χ1v) is 5.76. The number of carbonyl (C=O) groups excluding carboxylic acids is 1. The second kappa shape index (κ2) is 6.85. The second-order valence-corrected chi connectivity index (χ2v) is 3.80. The number of pyridine rings is 1. The number of aromatic hydroxyl groups is 1. The predicted molar refractivity (Wildman–Crippen MR) is 65.6 cm³/mol. The van der Waals surface area contributed by atoms with E-state index in [1.165, 1.54) is 0 Å². The Morgan fingerprint density at radius 3 is 2.94 bits per heavy atom. The van der Waals surface area contributed by atoms with E-state index in [1.807, 2.05) is 13.8 Å². The SMILES string of the molecule is CCNC(=O)CCNCc1nc(C)ccc1O. The lowest BCUT2D eigenvalue weighted by Crippen LogP contribution is -2.27. The smallest absolute Gasteiger partial charge is 0.221 e. The van der Waals surface area contributed by atoms with E-state index < -0.39 is 0 Å². The van der Waals surface area contributed by atoms with Gasteiger partial charge in [-0.15, -0.1) is 0 Å². The molecule has 5 nitrogen and oxygen atoms in total. The molecule has 1 amide bonds. The number of carbonyl (C=O) groups is 1. The van der Waals surface area contributed by atoms with Crippen LogP contribution in [0.5, 0.6) is 5.75 Å². The summed E-state index contributed by atoms with van der Waals surface area (Å²) in [6.07, 6.45) is 0.431. The molecule has 0 aromatic carbocycles. The number of amides is 1. The van der Waals surface area contributed by atoms with Gasteiger partial charge in [-0.25, -0.2) is 0 Å². The van der Waals surface area contributed by atoms with Crippen molar-refractivity contribution in [2.75, 3.05) is 13.1 Å². The van der Waals surface area contributed by atoms with Gasteiger partial charge in [-0.2, -0.15) is 0 Å². The van der Waals surface area contributed by atoms with Crippen molar-refractivity contribution in [1.29, 1.82) is 0 Å². The fraction of sp³-hybridized carbons (Fsp3) is 0.500. The second-order valence-electron chi connectivity index (χ2n) is 3.80. The Balaban J connectivity index is 2.31. The first-order chi connectivity index (χ1) is 8.13. The highest BCUT2D eigenvalue weighted by Crippen LogP contribution is 2.13. The number of aromatic nitrogens is 1. The van der Waals surface area contributed by atoms with Crippen LogP contribution in [0.15, 0.2) is 12.1 Å². The minimum atomic E-state index is 0.0291. The molecule has 0 aliphatic carbocycles. The standard InChI is InChI=1S/C12H19N3O2/c1-3-14-12(17)6-7-13-8-10-11(16)5-4-9(2)15-10/h4-5,13,16H,3,6-8H2,1-2H3,(H,14,17). The monoisotopic (exact) mass is 237 g/mol. The van der Waals surface area contributed by atoms with E-state index in [9.17, 15) is 9.90 Å². The van der Waals surface area contributed by atoms with Gasteiger partial charge in [0.05, 0.1) is 5.69 Å². The van der Waals surface area contributed by atoms with Crippen LogP contribution in [-0.4, -0.2) is 29.1 Å². The average molecular weight is 237 g/mol. The molecule has 0 radical (unpaired) electrons. The fourth-order valence-corrected chi connectivity index (χ4v) is 1.43. The number of hydrogen-bond acceptors (Lipinski definition) is 4. The highest BCUT2D eigenvalue weighted by molar-refractivity contribution is 5.75. The van der Waals surface area contributed by atoms with Crippen molar-refractivity contribution in [1.82, 2.24) is 15.6 Å². The van der Waals surface area contributed by atoms with Crippen LogP contribution in [-0.2, 0) is 11.3 Å². The third-order valence-corrected chi connectivity index (χ3v) is 2.28.